The average molecular weight is 664 g/mol. The van der Waals surface area contributed by atoms with Gasteiger partial charge in [-0.05, 0) is 120 Å². The molecule has 9 aromatic rings. The van der Waals surface area contributed by atoms with Gasteiger partial charge in [-0.2, -0.15) is 0 Å². The summed E-state index contributed by atoms with van der Waals surface area (Å²) in [4.78, 5) is 2.42. The zero-order chi connectivity index (χ0) is 34.8. The van der Waals surface area contributed by atoms with E-state index in [0.717, 1.165) is 17.1 Å². The minimum Gasteiger partial charge on any atom is -0.310 e. The molecule has 1 aliphatic carbocycles. The number of hydrogen-bond donors (Lipinski definition) is 0. The molecule has 1 heteroatoms. The Morgan fingerprint density at radius 1 is 0.385 bits per heavy atom. The minimum absolute atomic E-state index is 0.161. The third-order valence-electron chi connectivity index (χ3n) is 11.2. The predicted molar refractivity (Wildman–Crippen MR) is 222 cm³/mol. The number of nitrogens with zero attached hydrogens (tertiary/aromatic N) is 1. The zero-order valence-electron chi connectivity index (χ0n) is 29.3. The molecule has 0 amide bonds. The highest BCUT2D eigenvalue weighted by Crippen LogP contribution is 2.55. The van der Waals surface area contributed by atoms with Crippen LogP contribution in [0, 0.1) is 0 Å². The molecular weight excluding hydrogens is 627 g/mol. The number of para-hydroxylation sites is 1. The Labute approximate surface area is 305 Å². The summed E-state index contributed by atoms with van der Waals surface area (Å²) in [7, 11) is 0. The highest BCUT2D eigenvalue weighted by molar-refractivity contribution is 6.19. The average Bonchev–Trinajstić information content (AvgIpc) is 3.44. The molecule has 52 heavy (non-hydrogen) atoms. The van der Waals surface area contributed by atoms with Crippen LogP contribution in [0.5, 0.6) is 0 Å². The molecule has 10 rings (SSSR count). The molecule has 0 saturated carbocycles. The molecule has 0 aliphatic heterocycles. The van der Waals surface area contributed by atoms with Crippen LogP contribution in [0.2, 0.25) is 0 Å². The fourth-order valence-corrected chi connectivity index (χ4v) is 8.75. The van der Waals surface area contributed by atoms with E-state index in [-0.39, 0.29) is 5.41 Å². The number of benzene rings is 9. The van der Waals surface area contributed by atoms with Crippen LogP contribution >= 0.6 is 0 Å². The number of hydrogen-bond acceptors (Lipinski definition) is 1. The SMILES string of the molecule is CC1(C)c2cc3cc(N(c4ccccc4)c4ccc(-c5ccccc5)cc4-c4ccccc4)ccc3cc2-c2c1c1ccccc1c1ccccc21. The van der Waals surface area contributed by atoms with Crippen LogP contribution in [0.3, 0.4) is 0 Å². The van der Waals surface area contributed by atoms with Gasteiger partial charge < -0.3 is 4.90 Å². The molecule has 1 aliphatic rings. The maximum absolute atomic E-state index is 2.47. The second-order valence-electron chi connectivity index (χ2n) is 14.5. The fourth-order valence-electron chi connectivity index (χ4n) is 8.75. The molecule has 1 nitrogen and oxygen atoms in total. The molecule has 0 N–H and O–H groups in total. The molecule has 246 valence electrons. The Bertz CT molecular complexity index is 2800. The second kappa shape index (κ2) is 11.8. The molecule has 0 heterocycles. The van der Waals surface area contributed by atoms with Gasteiger partial charge in [-0.3, -0.25) is 0 Å². The quantitative estimate of drug-likeness (QED) is 0.166. The Morgan fingerprint density at radius 3 is 1.69 bits per heavy atom. The fraction of sp³-hybridized carbons (Fsp3) is 0.0588. The van der Waals surface area contributed by atoms with Crippen LogP contribution in [-0.2, 0) is 5.41 Å². The van der Waals surface area contributed by atoms with Gasteiger partial charge in [0.15, 0.2) is 0 Å². The van der Waals surface area contributed by atoms with Gasteiger partial charge in [-0.1, -0.05) is 153 Å². The van der Waals surface area contributed by atoms with Gasteiger partial charge >= 0.3 is 0 Å². The maximum Gasteiger partial charge on any atom is 0.0540 e. The summed E-state index contributed by atoms with van der Waals surface area (Å²) >= 11 is 0. The largest absolute Gasteiger partial charge is 0.310 e. The normalized spacial score (nSPS) is 13.0. The van der Waals surface area contributed by atoms with Gasteiger partial charge in [0.05, 0.1) is 5.69 Å². The second-order valence-corrected chi connectivity index (χ2v) is 14.5. The lowest BCUT2D eigenvalue weighted by molar-refractivity contribution is 0.667. The Hall–Kier alpha value is -6.44. The van der Waals surface area contributed by atoms with E-state index in [1.54, 1.807) is 0 Å². The lowest BCUT2D eigenvalue weighted by Gasteiger charge is -2.29. The van der Waals surface area contributed by atoms with Crippen molar-refractivity contribution < 1.29 is 0 Å². The summed E-state index contributed by atoms with van der Waals surface area (Å²) in [6.45, 7) is 4.82. The first-order valence-electron chi connectivity index (χ1n) is 18.2. The molecule has 0 bridgehead atoms. The molecule has 0 saturated heterocycles. The van der Waals surface area contributed by atoms with Crippen molar-refractivity contribution in [3.8, 4) is 33.4 Å². The lowest BCUT2D eigenvalue weighted by atomic mass is 9.79. The van der Waals surface area contributed by atoms with E-state index < -0.39 is 0 Å². The van der Waals surface area contributed by atoms with E-state index in [1.165, 1.54) is 76.8 Å². The van der Waals surface area contributed by atoms with Crippen molar-refractivity contribution in [3.63, 3.8) is 0 Å². The summed E-state index contributed by atoms with van der Waals surface area (Å²) in [5, 5.41) is 7.83. The van der Waals surface area contributed by atoms with E-state index in [4.69, 9.17) is 0 Å². The van der Waals surface area contributed by atoms with Gasteiger partial charge in [0.1, 0.15) is 0 Å². The molecule has 0 spiro atoms. The number of anilines is 3. The van der Waals surface area contributed by atoms with E-state index in [1.807, 2.05) is 0 Å². The van der Waals surface area contributed by atoms with Crippen LogP contribution in [-0.4, -0.2) is 0 Å². The Morgan fingerprint density at radius 2 is 0.981 bits per heavy atom. The summed E-state index contributed by atoms with van der Waals surface area (Å²) in [5.74, 6) is 0. The zero-order valence-corrected chi connectivity index (χ0v) is 29.3. The molecule has 0 atom stereocenters. The summed E-state index contributed by atoms with van der Waals surface area (Å²) < 4.78 is 0. The monoisotopic (exact) mass is 663 g/mol. The Kier molecular flexibility index (Phi) is 6.91. The highest BCUT2D eigenvalue weighted by atomic mass is 15.1. The summed E-state index contributed by atoms with van der Waals surface area (Å²) in [6, 6.07) is 68.9. The molecule has 0 fully saturated rings. The first kappa shape index (κ1) is 30.4. The van der Waals surface area contributed by atoms with Crippen molar-refractivity contribution in [2.45, 2.75) is 19.3 Å². The van der Waals surface area contributed by atoms with Crippen molar-refractivity contribution in [2.24, 2.45) is 0 Å². The van der Waals surface area contributed by atoms with Crippen molar-refractivity contribution in [3.05, 3.63) is 199 Å². The smallest absolute Gasteiger partial charge is 0.0540 e. The van der Waals surface area contributed by atoms with Crippen LogP contribution in [0.25, 0.3) is 65.7 Å². The number of fused-ring (bicyclic) bond motifs is 9. The van der Waals surface area contributed by atoms with Crippen LogP contribution in [0.1, 0.15) is 25.0 Å². The maximum atomic E-state index is 2.47. The Balaban J connectivity index is 1.19. The summed E-state index contributed by atoms with van der Waals surface area (Å²) in [5.41, 5.74) is 13.6. The van der Waals surface area contributed by atoms with Gasteiger partial charge in [0.25, 0.3) is 0 Å². The molecule has 0 unspecified atom stereocenters. The predicted octanol–water partition coefficient (Wildman–Crippen LogP) is 14.3. The van der Waals surface area contributed by atoms with Crippen LogP contribution in [0.15, 0.2) is 188 Å². The third-order valence-corrected chi connectivity index (χ3v) is 11.2. The highest BCUT2D eigenvalue weighted by Gasteiger charge is 2.38. The van der Waals surface area contributed by atoms with Crippen molar-refractivity contribution >= 4 is 49.4 Å². The van der Waals surface area contributed by atoms with Gasteiger partial charge in [0, 0.05) is 22.4 Å². The molecule has 0 aromatic heterocycles. The van der Waals surface area contributed by atoms with E-state index in [2.05, 4.69) is 207 Å². The molecule has 0 radical (unpaired) electrons. The van der Waals surface area contributed by atoms with E-state index in [9.17, 15) is 0 Å². The topological polar surface area (TPSA) is 3.24 Å². The van der Waals surface area contributed by atoms with Crippen molar-refractivity contribution in [2.75, 3.05) is 4.90 Å². The minimum atomic E-state index is -0.161. The molecule has 9 aromatic carbocycles. The van der Waals surface area contributed by atoms with Crippen molar-refractivity contribution in [1.29, 1.82) is 0 Å². The van der Waals surface area contributed by atoms with Gasteiger partial charge in [-0.15, -0.1) is 0 Å². The third kappa shape index (κ3) is 4.70. The number of rotatable bonds is 5. The first-order chi connectivity index (χ1) is 25.6. The van der Waals surface area contributed by atoms with Gasteiger partial charge in [0.2, 0.25) is 0 Å². The molecular formula is C51H37N. The van der Waals surface area contributed by atoms with Crippen molar-refractivity contribution in [1.82, 2.24) is 0 Å². The van der Waals surface area contributed by atoms with Gasteiger partial charge in [-0.25, -0.2) is 0 Å². The lowest BCUT2D eigenvalue weighted by Crippen LogP contribution is -2.15. The standard InChI is InChI=1S/C51H37N/c1-51(2)47-33-38-30-40(28-26-37(38)32-46(47)49-43-24-14-12-22-41(43)42-23-13-15-25-44(42)50(49)51)52(39-20-10-5-11-21-39)48-29-27-36(34-16-6-3-7-17-34)31-45(48)35-18-8-4-9-19-35/h3-33H,1-2H3. The van der Waals surface area contributed by atoms with E-state index >= 15 is 0 Å². The van der Waals surface area contributed by atoms with E-state index in [0.29, 0.717) is 0 Å². The summed E-state index contributed by atoms with van der Waals surface area (Å²) in [6.07, 6.45) is 0. The van der Waals surface area contributed by atoms with Crippen LogP contribution < -0.4 is 4.90 Å². The first-order valence-corrected chi connectivity index (χ1v) is 18.2. The van der Waals surface area contributed by atoms with Crippen LogP contribution in [0.4, 0.5) is 17.1 Å².